The number of pyridine rings is 1. The van der Waals surface area contributed by atoms with Crippen molar-refractivity contribution in [3.8, 4) is 5.75 Å². The Kier molecular flexibility index (Phi) is 6.77. The van der Waals surface area contributed by atoms with Crippen LogP contribution in [0.3, 0.4) is 0 Å². The number of sulfonamides is 1. The van der Waals surface area contributed by atoms with E-state index in [1.165, 1.54) is 41.9 Å². The van der Waals surface area contributed by atoms with Gasteiger partial charge in [0.2, 0.25) is 10.0 Å². The van der Waals surface area contributed by atoms with E-state index in [1.807, 2.05) is 0 Å². The number of hydrogen-bond acceptors (Lipinski definition) is 9. The van der Waals surface area contributed by atoms with Crippen LogP contribution in [-0.2, 0) is 24.3 Å². The molecule has 1 aliphatic heterocycles. The zero-order valence-electron chi connectivity index (χ0n) is 18.6. The van der Waals surface area contributed by atoms with Crippen molar-refractivity contribution in [2.45, 2.75) is 11.8 Å². The van der Waals surface area contributed by atoms with Crippen molar-refractivity contribution in [2.24, 2.45) is 0 Å². The predicted molar refractivity (Wildman–Crippen MR) is 119 cm³/mol. The molecule has 1 N–H and O–H groups in total. The number of anilines is 1. The highest BCUT2D eigenvalue weighted by atomic mass is 32.2. The molecule has 1 aliphatic rings. The molecule has 0 atom stereocenters. The van der Waals surface area contributed by atoms with Gasteiger partial charge in [-0.1, -0.05) is 0 Å². The van der Waals surface area contributed by atoms with Crippen LogP contribution in [0.15, 0.2) is 41.4 Å². The molecule has 12 nitrogen and oxygen atoms in total. The van der Waals surface area contributed by atoms with Crippen LogP contribution in [0, 0.1) is 6.92 Å². The van der Waals surface area contributed by atoms with E-state index in [1.54, 1.807) is 17.4 Å². The van der Waals surface area contributed by atoms with Gasteiger partial charge in [-0.25, -0.2) is 13.2 Å². The number of aryl methyl sites for hydroxylation is 1. The molecule has 0 bridgehead atoms. The minimum atomic E-state index is -3.86. The van der Waals surface area contributed by atoms with Crippen molar-refractivity contribution in [1.29, 1.82) is 0 Å². The molecule has 1 amide bonds. The van der Waals surface area contributed by atoms with Crippen molar-refractivity contribution < 1.29 is 32.2 Å². The Morgan fingerprint density at radius 1 is 1.15 bits per heavy atom. The highest BCUT2D eigenvalue weighted by molar-refractivity contribution is 7.89. The van der Waals surface area contributed by atoms with Gasteiger partial charge >= 0.3 is 5.97 Å². The number of morpholine rings is 1. The molecule has 3 heterocycles. The van der Waals surface area contributed by atoms with Crippen LogP contribution < -0.4 is 10.1 Å². The lowest BCUT2D eigenvalue weighted by Gasteiger charge is -2.26. The first-order valence-electron chi connectivity index (χ1n) is 10.3. The molecule has 0 unspecified atom stereocenters. The first kappa shape index (κ1) is 23.6. The second-order valence-electron chi connectivity index (χ2n) is 7.40. The summed E-state index contributed by atoms with van der Waals surface area (Å²) in [6.45, 7) is 2.22. The lowest BCUT2D eigenvalue weighted by atomic mass is 10.3. The smallest absolute Gasteiger partial charge is 0.340 e. The summed E-state index contributed by atoms with van der Waals surface area (Å²) in [4.78, 5) is 24.6. The number of hydrogen-bond donors (Lipinski definition) is 1. The lowest BCUT2D eigenvalue weighted by molar-refractivity contribution is -0.119. The third-order valence-corrected chi connectivity index (χ3v) is 7.10. The number of amides is 1. The van der Waals surface area contributed by atoms with Crippen LogP contribution in [0.25, 0.3) is 5.65 Å². The highest BCUT2D eigenvalue weighted by Gasteiger charge is 2.29. The number of ether oxygens (including phenoxy) is 3. The maximum Gasteiger partial charge on any atom is 0.340 e. The summed E-state index contributed by atoms with van der Waals surface area (Å²) in [5, 5.41) is 10.4. The molecule has 1 aromatic carbocycles. The van der Waals surface area contributed by atoms with Gasteiger partial charge in [0.05, 0.1) is 25.9 Å². The fourth-order valence-corrected chi connectivity index (χ4v) is 5.01. The Hall–Kier alpha value is -3.55. The Morgan fingerprint density at radius 3 is 2.65 bits per heavy atom. The third kappa shape index (κ3) is 4.85. The van der Waals surface area contributed by atoms with E-state index in [9.17, 15) is 18.0 Å². The summed E-state index contributed by atoms with van der Waals surface area (Å²) < 4.78 is 44.6. The van der Waals surface area contributed by atoms with Gasteiger partial charge in [-0.3, -0.25) is 9.20 Å². The molecule has 0 saturated carbocycles. The van der Waals surface area contributed by atoms with Gasteiger partial charge in [-0.15, -0.1) is 10.2 Å². The molecule has 13 heteroatoms. The first-order chi connectivity index (χ1) is 16.3. The zero-order valence-corrected chi connectivity index (χ0v) is 19.4. The van der Waals surface area contributed by atoms with Crippen molar-refractivity contribution in [3.05, 3.63) is 47.9 Å². The second kappa shape index (κ2) is 9.75. The van der Waals surface area contributed by atoms with Gasteiger partial charge < -0.3 is 19.5 Å². The molecular formula is C21H23N5O7S. The van der Waals surface area contributed by atoms with Gasteiger partial charge in [0.15, 0.2) is 12.3 Å². The predicted octanol–water partition coefficient (Wildman–Crippen LogP) is 0.863. The van der Waals surface area contributed by atoms with Crippen LogP contribution in [0.1, 0.15) is 16.2 Å². The average Bonchev–Trinajstić information content (AvgIpc) is 3.23. The molecule has 1 saturated heterocycles. The number of nitrogens with zero attached hydrogens (tertiary/aromatic N) is 4. The molecule has 0 radical (unpaired) electrons. The van der Waals surface area contributed by atoms with Crippen molar-refractivity contribution in [1.82, 2.24) is 18.9 Å². The Morgan fingerprint density at radius 2 is 1.91 bits per heavy atom. The number of nitrogens with one attached hydrogen (secondary N) is 1. The Balaban J connectivity index is 1.43. The summed E-state index contributed by atoms with van der Waals surface area (Å²) in [5.41, 5.74) is 1.02. The topological polar surface area (TPSA) is 141 Å². The SMILES string of the molecule is COc1ccc(NC(=O)COC(=O)c2ccc3nnc(C)n3c2)cc1S(=O)(=O)N1CCOCC1. The van der Waals surface area contributed by atoms with Crippen LogP contribution in [0.5, 0.6) is 5.75 Å². The molecule has 2 aromatic heterocycles. The van der Waals surface area contributed by atoms with E-state index >= 15 is 0 Å². The molecule has 1 fully saturated rings. The van der Waals surface area contributed by atoms with Crippen LogP contribution in [0.2, 0.25) is 0 Å². The molecule has 180 valence electrons. The number of carbonyl (C=O) groups excluding carboxylic acids is 2. The fourth-order valence-electron chi connectivity index (χ4n) is 3.42. The van der Waals surface area contributed by atoms with Crippen molar-refractivity contribution >= 4 is 33.2 Å². The lowest BCUT2D eigenvalue weighted by Crippen LogP contribution is -2.40. The molecule has 4 rings (SSSR count). The van der Waals surface area contributed by atoms with Crippen molar-refractivity contribution in [3.63, 3.8) is 0 Å². The highest BCUT2D eigenvalue weighted by Crippen LogP contribution is 2.30. The number of methoxy groups -OCH3 is 1. The standard InChI is InChI=1S/C21H23N5O7S/c1-14-23-24-19-6-3-15(12-26(14)19)21(28)33-13-20(27)22-16-4-5-17(31-2)18(11-16)34(29,30)25-7-9-32-10-8-25/h3-6,11-12H,7-10,13H2,1-2H3,(H,22,27). The number of rotatable bonds is 7. The number of aromatic nitrogens is 3. The molecule has 0 spiro atoms. The quantitative estimate of drug-likeness (QED) is 0.478. The van der Waals surface area contributed by atoms with Gasteiger partial charge in [0.1, 0.15) is 16.5 Å². The largest absolute Gasteiger partial charge is 0.495 e. The van der Waals surface area contributed by atoms with E-state index in [0.29, 0.717) is 24.7 Å². The molecule has 3 aromatic rings. The summed E-state index contributed by atoms with van der Waals surface area (Å²) >= 11 is 0. The Labute approximate surface area is 195 Å². The maximum absolute atomic E-state index is 13.1. The van der Waals surface area contributed by atoms with Crippen LogP contribution in [-0.4, -0.2) is 79.2 Å². The third-order valence-electron chi connectivity index (χ3n) is 5.18. The number of carbonyl (C=O) groups is 2. The van der Waals surface area contributed by atoms with E-state index in [-0.39, 0.29) is 35.0 Å². The van der Waals surface area contributed by atoms with E-state index in [2.05, 4.69) is 15.5 Å². The monoisotopic (exact) mass is 489 g/mol. The summed E-state index contributed by atoms with van der Waals surface area (Å²) in [5.74, 6) is -0.578. The fraction of sp³-hybridized carbons (Fsp3) is 0.333. The van der Waals surface area contributed by atoms with Gasteiger partial charge in [0.25, 0.3) is 5.91 Å². The van der Waals surface area contributed by atoms with Gasteiger partial charge in [0, 0.05) is 25.0 Å². The normalized spacial score (nSPS) is 14.6. The van der Waals surface area contributed by atoms with Crippen LogP contribution >= 0.6 is 0 Å². The molecular weight excluding hydrogens is 466 g/mol. The molecule has 34 heavy (non-hydrogen) atoms. The van der Waals surface area contributed by atoms with Crippen molar-refractivity contribution in [2.75, 3.05) is 45.3 Å². The summed E-state index contributed by atoms with van der Waals surface area (Å²) in [6.07, 6.45) is 1.52. The maximum atomic E-state index is 13.1. The number of benzene rings is 1. The summed E-state index contributed by atoms with van der Waals surface area (Å²) in [7, 11) is -2.50. The van der Waals surface area contributed by atoms with Crippen LogP contribution in [0.4, 0.5) is 5.69 Å². The second-order valence-corrected chi connectivity index (χ2v) is 9.31. The zero-order chi connectivity index (χ0) is 24.3. The average molecular weight is 490 g/mol. The minimum Gasteiger partial charge on any atom is -0.495 e. The van der Waals surface area contributed by atoms with Gasteiger partial charge in [-0.05, 0) is 37.3 Å². The van der Waals surface area contributed by atoms with E-state index < -0.39 is 28.5 Å². The summed E-state index contributed by atoms with van der Waals surface area (Å²) in [6, 6.07) is 7.40. The number of fused-ring (bicyclic) bond motifs is 1. The molecule has 0 aliphatic carbocycles. The Bertz CT molecular complexity index is 1330. The first-order valence-corrected chi connectivity index (χ1v) is 11.8. The van der Waals surface area contributed by atoms with E-state index in [0.717, 1.165) is 0 Å². The van der Waals surface area contributed by atoms with E-state index in [4.69, 9.17) is 14.2 Å². The number of esters is 1. The minimum absolute atomic E-state index is 0.0793. The van der Waals surface area contributed by atoms with Gasteiger partial charge in [-0.2, -0.15) is 4.31 Å².